The van der Waals surface area contributed by atoms with Gasteiger partial charge in [-0.3, -0.25) is 9.89 Å². The van der Waals surface area contributed by atoms with Crippen molar-refractivity contribution in [2.24, 2.45) is 0 Å². The van der Waals surface area contributed by atoms with E-state index in [4.69, 9.17) is 4.74 Å². The molecule has 0 bridgehead atoms. The van der Waals surface area contributed by atoms with E-state index >= 15 is 0 Å². The van der Waals surface area contributed by atoms with Crippen molar-refractivity contribution >= 4 is 5.91 Å². The molecule has 0 saturated carbocycles. The lowest BCUT2D eigenvalue weighted by atomic mass is 9.98. The number of piperidine rings is 1. The standard InChI is InChI=1S/C16H26N4O2/c1-10-9-13-14(11(2)22-10)17-18-15(13)16(21)20(4)12-5-7-19(3)8-6-12/h10-12H,5-9H2,1-4H3,(H,17,18)/t10-,11+/m1/s1. The second-order valence-electron chi connectivity index (χ2n) is 6.71. The minimum Gasteiger partial charge on any atom is -0.369 e. The number of ether oxygens (including phenoxy) is 1. The number of aromatic nitrogens is 2. The Labute approximate surface area is 131 Å². The smallest absolute Gasteiger partial charge is 0.274 e. The molecule has 6 nitrogen and oxygen atoms in total. The molecule has 1 fully saturated rings. The number of hydrogen-bond acceptors (Lipinski definition) is 4. The van der Waals surface area contributed by atoms with Crippen LogP contribution in [0, 0.1) is 0 Å². The number of fused-ring (bicyclic) bond motifs is 1. The zero-order valence-electron chi connectivity index (χ0n) is 13.9. The first-order chi connectivity index (χ1) is 10.5. The number of carbonyl (C=O) groups excluding carboxylic acids is 1. The highest BCUT2D eigenvalue weighted by molar-refractivity contribution is 5.94. The first-order valence-electron chi connectivity index (χ1n) is 8.15. The molecular formula is C16H26N4O2. The minimum absolute atomic E-state index is 0.0264. The average molecular weight is 306 g/mol. The Morgan fingerprint density at radius 1 is 1.36 bits per heavy atom. The number of aromatic amines is 1. The van der Waals surface area contributed by atoms with Crippen molar-refractivity contribution in [2.75, 3.05) is 27.2 Å². The molecule has 3 rings (SSSR count). The zero-order valence-corrected chi connectivity index (χ0v) is 13.9. The van der Waals surface area contributed by atoms with Gasteiger partial charge in [0.2, 0.25) is 0 Å². The third-order valence-corrected chi connectivity index (χ3v) is 4.99. The van der Waals surface area contributed by atoms with Gasteiger partial charge in [-0.25, -0.2) is 0 Å². The number of likely N-dealkylation sites (tertiary alicyclic amines) is 1. The number of rotatable bonds is 2. The van der Waals surface area contributed by atoms with Crippen LogP contribution in [-0.2, 0) is 11.2 Å². The van der Waals surface area contributed by atoms with Crippen LogP contribution in [-0.4, -0.2) is 65.2 Å². The van der Waals surface area contributed by atoms with Gasteiger partial charge in [0.05, 0.1) is 17.9 Å². The molecule has 0 spiro atoms. The SMILES string of the molecule is C[C@@H]1Cc2c(C(=O)N(C)C3CCN(C)CC3)n[nH]c2[C@H](C)O1. The molecule has 1 amide bonds. The Kier molecular flexibility index (Phi) is 4.23. The molecule has 2 aliphatic rings. The molecule has 1 N–H and O–H groups in total. The summed E-state index contributed by atoms with van der Waals surface area (Å²) in [5.74, 6) is 0.0355. The van der Waals surface area contributed by atoms with Crippen LogP contribution in [0.4, 0.5) is 0 Å². The van der Waals surface area contributed by atoms with Crippen LogP contribution < -0.4 is 0 Å². The van der Waals surface area contributed by atoms with Gasteiger partial charge in [0, 0.05) is 25.1 Å². The third-order valence-electron chi connectivity index (χ3n) is 4.99. The maximum absolute atomic E-state index is 12.9. The molecule has 1 saturated heterocycles. The number of hydrogen-bond donors (Lipinski definition) is 1. The highest BCUT2D eigenvalue weighted by Gasteiger charge is 2.32. The Morgan fingerprint density at radius 3 is 2.73 bits per heavy atom. The summed E-state index contributed by atoms with van der Waals surface area (Å²) in [6.45, 7) is 6.13. The number of nitrogens with one attached hydrogen (secondary N) is 1. The van der Waals surface area contributed by atoms with E-state index in [9.17, 15) is 4.79 Å². The van der Waals surface area contributed by atoms with Gasteiger partial charge < -0.3 is 14.5 Å². The maximum Gasteiger partial charge on any atom is 0.274 e. The predicted octanol–water partition coefficient (Wildman–Crippen LogP) is 1.60. The molecule has 122 valence electrons. The van der Waals surface area contributed by atoms with E-state index in [1.807, 2.05) is 25.8 Å². The maximum atomic E-state index is 12.9. The quantitative estimate of drug-likeness (QED) is 0.901. The molecule has 1 aromatic heterocycles. The van der Waals surface area contributed by atoms with Gasteiger partial charge in [-0.05, 0) is 46.8 Å². The summed E-state index contributed by atoms with van der Waals surface area (Å²) < 4.78 is 5.79. The summed E-state index contributed by atoms with van der Waals surface area (Å²) in [4.78, 5) is 17.1. The van der Waals surface area contributed by atoms with Crippen LogP contribution >= 0.6 is 0 Å². The van der Waals surface area contributed by atoms with Crippen LogP contribution in [0.1, 0.15) is 54.5 Å². The van der Waals surface area contributed by atoms with Crippen molar-refractivity contribution in [1.82, 2.24) is 20.0 Å². The number of carbonyl (C=O) groups is 1. The van der Waals surface area contributed by atoms with Gasteiger partial charge in [0.25, 0.3) is 5.91 Å². The summed E-state index contributed by atoms with van der Waals surface area (Å²) in [6.07, 6.45) is 2.91. The molecule has 6 heteroatoms. The summed E-state index contributed by atoms with van der Waals surface area (Å²) in [7, 11) is 4.04. The summed E-state index contributed by atoms with van der Waals surface area (Å²) >= 11 is 0. The van der Waals surface area contributed by atoms with Gasteiger partial charge in [-0.15, -0.1) is 0 Å². The number of nitrogens with zero attached hydrogens (tertiary/aromatic N) is 3. The first kappa shape index (κ1) is 15.5. The second kappa shape index (κ2) is 6.01. The normalized spacial score (nSPS) is 26.7. The van der Waals surface area contributed by atoms with Gasteiger partial charge in [-0.2, -0.15) is 5.10 Å². The first-order valence-corrected chi connectivity index (χ1v) is 8.15. The lowest BCUT2D eigenvalue weighted by Crippen LogP contribution is -2.44. The van der Waals surface area contributed by atoms with E-state index < -0.39 is 0 Å². The Morgan fingerprint density at radius 2 is 2.05 bits per heavy atom. The van der Waals surface area contributed by atoms with Crippen molar-refractivity contribution < 1.29 is 9.53 Å². The van der Waals surface area contributed by atoms with E-state index in [1.165, 1.54) is 0 Å². The van der Waals surface area contributed by atoms with Crippen molar-refractivity contribution in [3.63, 3.8) is 0 Å². The number of H-pyrrole nitrogens is 1. The number of amides is 1. The Hall–Kier alpha value is -1.40. The monoisotopic (exact) mass is 306 g/mol. The summed E-state index contributed by atoms with van der Waals surface area (Å²) in [5.41, 5.74) is 2.58. The molecule has 0 unspecified atom stereocenters. The molecular weight excluding hydrogens is 280 g/mol. The fourth-order valence-corrected chi connectivity index (χ4v) is 3.57. The molecule has 2 aliphatic heterocycles. The van der Waals surface area contributed by atoms with Crippen molar-refractivity contribution in [3.05, 3.63) is 17.0 Å². The fraction of sp³-hybridized carbons (Fsp3) is 0.750. The van der Waals surface area contributed by atoms with Gasteiger partial charge >= 0.3 is 0 Å². The van der Waals surface area contributed by atoms with Crippen molar-refractivity contribution in [3.8, 4) is 0 Å². The van der Waals surface area contributed by atoms with Crippen molar-refractivity contribution in [1.29, 1.82) is 0 Å². The highest BCUT2D eigenvalue weighted by atomic mass is 16.5. The van der Waals surface area contributed by atoms with Crippen LogP contribution in [0.2, 0.25) is 0 Å². The van der Waals surface area contributed by atoms with E-state index in [2.05, 4.69) is 22.1 Å². The Balaban J connectivity index is 1.78. The summed E-state index contributed by atoms with van der Waals surface area (Å²) in [5, 5.41) is 7.32. The lowest BCUT2D eigenvalue weighted by molar-refractivity contribution is -0.00703. The molecule has 1 aromatic rings. The largest absolute Gasteiger partial charge is 0.369 e. The predicted molar refractivity (Wildman–Crippen MR) is 83.9 cm³/mol. The van der Waals surface area contributed by atoms with Crippen LogP contribution in [0.25, 0.3) is 0 Å². The van der Waals surface area contributed by atoms with E-state index in [-0.39, 0.29) is 18.1 Å². The lowest BCUT2D eigenvalue weighted by Gasteiger charge is -2.35. The van der Waals surface area contributed by atoms with E-state index in [1.54, 1.807) is 0 Å². The average Bonchev–Trinajstić information content (AvgIpc) is 2.90. The Bertz CT molecular complexity index is 548. The topological polar surface area (TPSA) is 61.5 Å². The van der Waals surface area contributed by atoms with Crippen LogP contribution in [0.15, 0.2) is 0 Å². The van der Waals surface area contributed by atoms with Gasteiger partial charge in [0.15, 0.2) is 5.69 Å². The molecule has 0 aromatic carbocycles. The van der Waals surface area contributed by atoms with E-state index in [0.29, 0.717) is 11.7 Å². The van der Waals surface area contributed by atoms with E-state index in [0.717, 1.165) is 43.6 Å². The van der Waals surface area contributed by atoms with Crippen molar-refractivity contribution in [2.45, 2.75) is 51.4 Å². The fourth-order valence-electron chi connectivity index (χ4n) is 3.57. The molecule has 0 aliphatic carbocycles. The van der Waals surface area contributed by atoms with Crippen LogP contribution in [0.3, 0.4) is 0 Å². The zero-order chi connectivity index (χ0) is 15.9. The highest BCUT2D eigenvalue weighted by Crippen LogP contribution is 2.31. The summed E-state index contributed by atoms with van der Waals surface area (Å²) in [6, 6.07) is 0.311. The van der Waals surface area contributed by atoms with Crippen LogP contribution in [0.5, 0.6) is 0 Å². The minimum atomic E-state index is -0.0264. The molecule has 2 atom stereocenters. The third kappa shape index (κ3) is 2.77. The van der Waals surface area contributed by atoms with Gasteiger partial charge in [-0.1, -0.05) is 0 Å². The molecule has 22 heavy (non-hydrogen) atoms. The molecule has 3 heterocycles. The molecule has 0 radical (unpaired) electrons. The van der Waals surface area contributed by atoms with Gasteiger partial charge in [0.1, 0.15) is 0 Å². The second-order valence-corrected chi connectivity index (χ2v) is 6.71.